The van der Waals surface area contributed by atoms with Crippen LogP contribution < -0.4 is 4.74 Å². The maximum Gasteiger partial charge on any atom is 0.417 e. The largest absolute Gasteiger partial charge is 0.465 e. The topological polar surface area (TPSA) is 65.5 Å². The highest BCUT2D eigenvalue weighted by atomic mass is 35.5. The van der Waals surface area contributed by atoms with Crippen molar-refractivity contribution in [3.8, 4) is 5.88 Å². The summed E-state index contributed by atoms with van der Waals surface area (Å²) < 4.78 is 46.9. The lowest BCUT2D eigenvalue weighted by Crippen LogP contribution is -2.29. The summed E-state index contributed by atoms with van der Waals surface area (Å²) in [5, 5.41) is -0.484. The highest BCUT2D eigenvalue weighted by molar-refractivity contribution is 6.32. The van der Waals surface area contributed by atoms with Crippen LogP contribution in [0.2, 0.25) is 5.02 Å². The Bertz CT molecular complexity index is 563. The molecule has 0 saturated carbocycles. The molecule has 1 aromatic rings. The van der Waals surface area contributed by atoms with Gasteiger partial charge in [-0.15, -0.1) is 0 Å². The minimum Gasteiger partial charge on any atom is -0.465 e. The predicted molar refractivity (Wildman–Crippen MR) is 70.3 cm³/mol. The lowest BCUT2D eigenvalue weighted by molar-refractivity contribution is -0.157. The monoisotopic (exact) mass is 339 g/mol. The van der Waals surface area contributed by atoms with Crippen LogP contribution in [0.3, 0.4) is 0 Å². The summed E-state index contributed by atoms with van der Waals surface area (Å²) in [6.45, 7) is 3.22. The van der Waals surface area contributed by atoms with Crippen molar-refractivity contribution in [2.45, 2.75) is 26.4 Å². The van der Waals surface area contributed by atoms with E-state index in [-0.39, 0.29) is 13.0 Å². The molecular formula is C13H13ClF3NO4. The SMILES string of the molecule is CCOC(=O)C(CC)C(=O)Oc1ncc(C(F)(F)F)cc1Cl. The van der Waals surface area contributed by atoms with Crippen molar-refractivity contribution in [1.29, 1.82) is 0 Å². The summed E-state index contributed by atoms with van der Waals surface area (Å²) in [6, 6.07) is 0.586. The van der Waals surface area contributed by atoms with Crippen molar-refractivity contribution < 1.29 is 32.2 Å². The molecule has 1 aromatic heterocycles. The van der Waals surface area contributed by atoms with E-state index < -0.39 is 40.5 Å². The lowest BCUT2D eigenvalue weighted by atomic mass is 10.1. The predicted octanol–water partition coefficient (Wildman–Crippen LogP) is 3.25. The molecule has 0 spiro atoms. The van der Waals surface area contributed by atoms with Crippen molar-refractivity contribution in [3.63, 3.8) is 0 Å². The van der Waals surface area contributed by atoms with Gasteiger partial charge in [-0.2, -0.15) is 13.2 Å². The standard InChI is InChI=1S/C13H13ClF3NO4/c1-3-8(11(19)21-4-2)12(20)22-10-9(14)5-7(6-18-10)13(15,16)17/h5-6,8H,3-4H2,1-2H3. The first kappa shape index (κ1) is 18.2. The summed E-state index contributed by atoms with van der Waals surface area (Å²) in [6.07, 6.45) is -4.02. The number of pyridine rings is 1. The zero-order valence-corrected chi connectivity index (χ0v) is 12.5. The average molecular weight is 340 g/mol. The third-order valence-corrected chi connectivity index (χ3v) is 2.87. The van der Waals surface area contributed by atoms with Gasteiger partial charge in [0.25, 0.3) is 0 Å². The van der Waals surface area contributed by atoms with Gasteiger partial charge in [-0.3, -0.25) is 9.59 Å². The molecule has 0 bridgehead atoms. The minimum atomic E-state index is -4.62. The second-order valence-corrected chi connectivity index (χ2v) is 4.55. The van der Waals surface area contributed by atoms with Gasteiger partial charge < -0.3 is 9.47 Å². The van der Waals surface area contributed by atoms with E-state index in [4.69, 9.17) is 21.1 Å². The normalized spacial score (nSPS) is 12.6. The number of ether oxygens (including phenoxy) is 2. The summed E-state index contributed by atoms with van der Waals surface area (Å²) in [5.41, 5.74) is -1.07. The molecule has 0 fully saturated rings. The quantitative estimate of drug-likeness (QED) is 0.608. The molecule has 0 aliphatic heterocycles. The van der Waals surface area contributed by atoms with Crippen LogP contribution in [0.4, 0.5) is 13.2 Å². The van der Waals surface area contributed by atoms with E-state index in [0.29, 0.717) is 12.3 Å². The Morgan fingerprint density at radius 3 is 2.41 bits per heavy atom. The Morgan fingerprint density at radius 1 is 1.32 bits per heavy atom. The average Bonchev–Trinajstić information content (AvgIpc) is 2.41. The number of aromatic nitrogens is 1. The Hall–Kier alpha value is -1.83. The lowest BCUT2D eigenvalue weighted by Gasteiger charge is -2.13. The molecule has 0 N–H and O–H groups in total. The molecule has 0 aromatic carbocycles. The first-order valence-corrected chi connectivity index (χ1v) is 6.69. The Balaban J connectivity index is 2.90. The van der Waals surface area contributed by atoms with E-state index in [1.54, 1.807) is 13.8 Å². The number of esters is 2. The number of hydrogen-bond acceptors (Lipinski definition) is 5. The molecule has 0 saturated heterocycles. The molecule has 9 heteroatoms. The molecule has 0 amide bonds. The van der Waals surface area contributed by atoms with E-state index in [0.717, 1.165) is 0 Å². The maximum atomic E-state index is 12.5. The molecule has 122 valence electrons. The van der Waals surface area contributed by atoms with Crippen LogP contribution in [-0.4, -0.2) is 23.5 Å². The fourth-order valence-electron chi connectivity index (χ4n) is 1.49. The summed E-state index contributed by atoms with van der Waals surface area (Å²) in [7, 11) is 0. The third kappa shape index (κ3) is 4.59. The van der Waals surface area contributed by atoms with Crippen LogP contribution in [-0.2, 0) is 20.5 Å². The maximum absolute atomic E-state index is 12.5. The van der Waals surface area contributed by atoms with Gasteiger partial charge in [0.05, 0.1) is 12.2 Å². The summed E-state index contributed by atoms with van der Waals surface area (Å²) in [4.78, 5) is 26.8. The Kier molecular flexibility index (Phi) is 6.16. The van der Waals surface area contributed by atoms with E-state index in [9.17, 15) is 22.8 Å². The van der Waals surface area contributed by atoms with Crippen LogP contribution in [0.25, 0.3) is 0 Å². The molecule has 1 rings (SSSR count). The first-order chi connectivity index (χ1) is 10.2. The van der Waals surface area contributed by atoms with Gasteiger partial charge in [0.2, 0.25) is 5.88 Å². The van der Waals surface area contributed by atoms with Gasteiger partial charge in [-0.25, -0.2) is 4.98 Å². The fraction of sp³-hybridized carbons (Fsp3) is 0.462. The molecule has 1 atom stereocenters. The zero-order valence-electron chi connectivity index (χ0n) is 11.7. The van der Waals surface area contributed by atoms with Crippen LogP contribution in [0.15, 0.2) is 12.3 Å². The van der Waals surface area contributed by atoms with Crippen LogP contribution in [0.1, 0.15) is 25.8 Å². The number of nitrogens with zero attached hydrogens (tertiary/aromatic N) is 1. The summed E-state index contributed by atoms with van der Waals surface area (Å²) >= 11 is 5.61. The van der Waals surface area contributed by atoms with Crippen LogP contribution >= 0.6 is 11.6 Å². The van der Waals surface area contributed by atoms with E-state index in [1.807, 2.05) is 0 Å². The zero-order chi connectivity index (χ0) is 16.9. The number of rotatable bonds is 5. The molecular weight excluding hydrogens is 327 g/mol. The smallest absolute Gasteiger partial charge is 0.417 e. The third-order valence-electron chi connectivity index (χ3n) is 2.60. The fourth-order valence-corrected chi connectivity index (χ4v) is 1.70. The van der Waals surface area contributed by atoms with Gasteiger partial charge in [0.15, 0.2) is 5.92 Å². The molecule has 5 nitrogen and oxygen atoms in total. The van der Waals surface area contributed by atoms with Crippen LogP contribution in [0, 0.1) is 5.92 Å². The Labute approximate surface area is 129 Å². The molecule has 1 unspecified atom stereocenters. The van der Waals surface area contributed by atoms with Crippen molar-refractivity contribution in [2.75, 3.05) is 6.61 Å². The van der Waals surface area contributed by atoms with Crippen LogP contribution in [0.5, 0.6) is 5.88 Å². The van der Waals surface area contributed by atoms with Gasteiger partial charge in [0, 0.05) is 6.20 Å². The van der Waals surface area contributed by atoms with Gasteiger partial charge in [0.1, 0.15) is 5.02 Å². The molecule has 1 heterocycles. The number of hydrogen-bond donors (Lipinski definition) is 0. The molecule has 0 aliphatic carbocycles. The van der Waals surface area contributed by atoms with Gasteiger partial charge in [-0.05, 0) is 19.4 Å². The number of carbonyl (C=O) groups is 2. The highest BCUT2D eigenvalue weighted by Gasteiger charge is 2.33. The van der Waals surface area contributed by atoms with E-state index >= 15 is 0 Å². The second kappa shape index (κ2) is 7.44. The number of carbonyl (C=O) groups excluding carboxylic acids is 2. The van der Waals surface area contributed by atoms with E-state index in [1.165, 1.54) is 0 Å². The second-order valence-electron chi connectivity index (χ2n) is 4.14. The minimum absolute atomic E-state index is 0.0852. The Morgan fingerprint density at radius 2 is 1.95 bits per heavy atom. The van der Waals surface area contributed by atoms with Crippen molar-refractivity contribution in [3.05, 3.63) is 22.8 Å². The summed E-state index contributed by atoms with van der Waals surface area (Å²) in [5.74, 6) is -3.46. The molecule has 0 aliphatic rings. The number of halogens is 4. The highest BCUT2D eigenvalue weighted by Crippen LogP contribution is 2.33. The van der Waals surface area contributed by atoms with Gasteiger partial charge in [-0.1, -0.05) is 18.5 Å². The number of alkyl halides is 3. The van der Waals surface area contributed by atoms with E-state index in [2.05, 4.69) is 4.98 Å². The first-order valence-electron chi connectivity index (χ1n) is 6.31. The van der Waals surface area contributed by atoms with Crippen molar-refractivity contribution in [2.24, 2.45) is 5.92 Å². The van der Waals surface area contributed by atoms with Crippen molar-refractivity contribution >= 4 is 23.5 Å². The molecule has 0 radical (unpaired) electrons. The van der Waals surface area contributed by atoms with Crippen molar-refractivity contribution in [1.82, 2.24) is 4.98 Å². The molecule has 22 heavy (non-hydrogen) atoms. The van der Waals surface area contributed by atoms with Gasteiger partial charge >= 0.3 is 18.1 Å².